The number of benzene rings is 2. The molecule has 0 aliphatic rings. The van der Waals surface area contributed by atoms with Crippen LogP contribution in [-0.2, 0) is 0 Å². The van der Waals surface area contributed by atoms with Crippen molar-refractivity contribution in [1.82, 2.24) is 0 Å². The molecular formula is C12H6Cl3FO. The molecule has 1 N–H and O–H groups in total. The van der Waals surface area contributed by atoms with Crippen molar-refractivity contribution in [2.45, 2.75) is 0 Å². The zero-order valence-corrected chi connectivity index (χ0v) is 10.6. The molecule has 0 atom stereocenters. The first-order chi connectivity index (χ1) is 7.99. The van der Waals surface area contributed by atoms with Gasteiger partial charge >= 0.3 is 0 Å². The summed E-state index contributed by atoms with van der Waals surface area (Å²) in [6.07, 6.45) is 0. The maximum atomic E-state index is 13.2. The van der Waals surface area contributed by atoms with Gasteiger partial charge in [-0.15, -0.1) is 0 Å². The SMILES string of the molecule is Oc1cc(Cl)c(-c2cc(F)ccc2Cl)cc1Cl. The molecule has 2 aromatic rings. The zero-order chi connectivity index (χ0) is 12.6. The highest BCUT2D eigenvalue weighted by Crippen LogP contribution is 2.39. The average molecular weight is 292 g/mol. The van der Waals surface area contributed by atoms with Crippen LogP contribution < -0.4 is 0 Å². The van der Waals surface area contributed by atoms with Crippen LogP contribution in [0.3, 0.4) is 0 Å². The summed E-state index contributed by atoms with van der Waals surface area (Å²) in [5.74, 6) is -0.558. The Morgan fingerprint density at radius 1 is 0.824 bits per heavy atom. The second-order valence-electron chi connectivity index (χ2n) is 3.41. The second-order valence-corrected chi connectivity index (χ2v) is 4.63. The minimum atomic E-state index is -0.426. The van der Waals surface area contributed by atoms with E-state index in [9.17, 15) is 9.50 Å². The van der Waals surface area contributed by atoms with Crippen LogP contribution in [-0.4, -0.2) is 5.11 Å². The van der Waals surface area contributed by atoms with Gasteiger partial charge in [0, 0.05) is 22.2 Å². The molecule has 0 unspecified atom stereocenters. The first-order valence-corrected chi connectivity index (χ1v) is 5.76. The third-order valence-corrected chi connectivity index (χ3v) is 3.20. The van der Waals surface area contributed by atoms with Crippen molar-refractivity contribution < 1.29 is 9.50 Å². The second kappa shape index (κ2) is 4.73. The molecule has 5 heteroatoms. The first kappa shape index (κ1) is 12.5. The largest absolute Gasteiger partial charge is 0.506 e. The van der Waals surface area contributed by atoms with Crippen molar-refractivity contribution in [3.8, 4) is 16.9 Å². The number of rotatable bonds is 1. The predicted molar refractivity (Wildman–Crippen MR) is 68.5 cm³/mol. The van der Waals surface area contributed by atoms with E-state index in [2.05, 4.69) is 0 Å². The van der Waals surface area contributed by atoms with Crippen LogP contribution >= 0.6 is 34.8 Å². The molecule has 1 nitrogen and oxygen atoms in total. The van der Waals surface area contributed by atoms with Crippen LogP contribution in [0.4, 0.5) is 4.39 Å². The maximum absolute atomic E-state index is 13.2. The van der Waals surface area contributed by atoms with Crippen LogP contribution in [0.5, 0.6) is 5.75 Å². The van der Waals surface area contributed by atoms with Crippen LogP contribution in [0.2, 0.25) is 15.1 Å². The Balaban J connectivity index is 2.68. The van der Waals surface area contributed by atoms with Gasteiger partial charge in [0.25, 0.3) is 0 Å². The number of aromatic hydroxyl groups is 1. The molecule has 0 aliphatic carbocycles. The Kier molecular flexibility index (Phi) is 3.48. The standard InChI is InChI=1S/C12H6Cl3FO/c13-9-2-1-6(16)3-7(9)8-4-11(15)12(17)5-10(8)14/h1-5,17H. The van der Waals surface area contributed by atoms with Crippen LogP contribution in [0.25, 0.3) is 11.1 Å². The van der Waals surface area contributed by atoms with Gasteiger partial charge in [-0.1, -0.05) is 34.8 Å². The molecule has 0 amide bonds. The summed E-state index contributed by atoms with van der Waals surface area (Å²) in [6.45, 7) is 0. The lowest BCUT2D eigenvalue weighted by Gasteiger charge is -2.08. The summed E-state index contributed by atoms with van der Waals surface area (Å²) in [5.41, 5.74) is 0.900. The van der Waals surface area contributed by atoms with Crippen molar-refractivity contribution in [3.63, 3.8) is 0 Å². The summed E-state index contributed by atoms with van der Waals surface area (Å²) >= 11 is 17.7. The van der Waals surface area contributed by atoms with Gasteiger partial charge in [0.15, 0.2) is 0 Å². The van der Waals surface area contributed by atoms with Crippen molar-refractivity contribution in [1.29, 1.82) is 0 Å². The van der Waals surface area contributed by atoms with Gasteiger partial charge in [0.05, 0.1) is 10.0 Å². The summed E-state index contributed by atoms with van der Waals surface area (Å²) in [4.78, 5) is 0. The highest BCUT2D eigenvalue weighted by Gasteiger charge is 2.12. The van der Waals surface area contributed by atoms with Crippen molar-refractivity contribution in [2.75, 3.05) is 0 Å². The molecule has 0 aromatic heterocycles. The normalized spacial score (nSPS) is 10.6. The fourth-order valence-electron chi connectivity index (χ4n) is 1.45. The Hall–Kier alpha value is -0.960. The number of hydrogen-bond donors (Lipinski definition) is 1. The lowest BCUT2D eigenvalue weighted by atomic mass is 10.1. The summed E-state index contributed by atoms with van der Waals surface area (Å²) in [7, 11) is 0. The van der Waals surface area contributed by atoms with Gasteiger partial charge in [-0.05, 0) is 24.3 Å². The Morgan fingerprint density at radius 3 is 2.18 bits per heavy atom. The molecule has 0 radical (unpaired) electrons. The van der Waals surface area contributed by atoms with Crippen LogP contribution in [0.15, 0.2) is 30.3 Å². The fourth-order valence-corrected chi connectivity index (χ4v) is 2.09. The molecule has 0 bridgehead atoms. The molecule has 0 spiro atoms. The Bertz CT molecular complexity index is 584. The van der Waals surface area contributed by atoms with Crippen molar-refractivity contribution in [3.05, 3.63) is 51.2 Å². The smallest absolute Gasteiger partial charge is 0.135 e. The van der Waals surface area contributed by atoms with Gasteiger partial charge in [0.1, 0.15) is 11.6 Å². The molecule has 88 valence electrons. The zero-order valence-electron chi connectivity index (χ0n) is 8.35. The quantitative estimate of drug-likeness (QED) is 0.769. The first-order valence-electron chi connectivity index (χ1n) is 4.62. The number of hydrogen-bond acceptors (Lipinski definition) is 1. The van der Waals surface area contributed by atoms with Crippen LogP contribution in [0.1, 0.15) is 0 Å². The predicted octanol–water partition coefficient (Wildman–Crippen LogP) is 5.16. The third-order valence-electron chi connectivity index (χ3n) is 2.26. The molecule has 0 saturated carbocycles. The van der Waals surface area contributed by atoms with E-state index in [0.717, 1.165) is 0 Å². The molecule has 0 saturated heterocycles. The Morgan fingerprint density at radius 2 is 1.47 bits per heavy atom. The molecule has 0 aliphatic heterocycles. The van der Waals surface area contributed by atoms with E-state index in [0.29, 0.717) is 16.1 Å². The van der Waals surface area contributed by atoms with Crippen molar-refractivity contribution >= 4 is 34.8 Å². The van der Waals surface area contributed by atoms with E-state index >= 15 is 0 Å². The molecule has 2 aromatic carbocycles. The van der Waals surface area contributed by atoms with E-state index in [-0.39, 0.29) is 15.8 Å². The lowest BCUT2D eigenvalue weighted by Crippen LogP contribution is -1.84. The van der Waals surface area contributed by atoms with Gasteiger partial charge < -0.3 is 5.11 Å². The van der Waals surface area contributed by atoms with E-state index in [1.807, 2.05) is 0 Å². The van der Waals surface area contributed by atoms with Gasteiger partial charge in [0.2, 0.25) is 0 Å². The topological polar surface area (TPSA) is 20.2 Å². The summed E-state index contributed by atoms with van der Waals surface area (Å²) < 4.78 is 13.2. The van der Waals surface area contributed by atoms with Crippen LogP contribution in [0, 0.1) is 5.82 Å². The van der Waals surface area contributed by atoms with Gasteiger partial charge in [-0.3, -0.25) is 0 Å². The molecule has 17 heavy (non-hydrogen) atoms. The highest BCUT2D eigenvalue weighted by molar-refractivity contribution is 6.38. The number of phenols is 1. The van der Waals surface area contributed by atoms with E-state index < -0.39 is 5.82 Å². The summed E-state index contributed by atoms with van der Waals surface area (Å²) in [5, 5.41) is 10.1. The maximum Gasteiger partial charge on any atom is 0.135 e. The molecule has 0 heterocycles. The lowest BCUT2D eigenvalue weighted by molar-refractivity contribution is 0.475. The highest BCUT2D eigenvalue weighted by atomic mass is 35.5. The van der Waals surface area contributed by atoms with E-state index in [4.69, 9.17) is 34.8 Å². The molecular weight excluding hydrogens is 285 g/mol. The van der Waals surface area contributed by atoms with E-state index in [1.165, 1.54) is 30.3 Å². The minimum Gasteiger partial charge on any atom is -0.506 e. The van der Waals surface area contributed by atoms with E-state index in [1.54, 1.807) is 0 Å². The Labute approximate surface area is 112 Å². The molecule has 2 rings (SSSR count). The van der Waals surface area contributed by atoms with Gasteiger partial charge in [-0.25, -0.2) is 4.39 Å². The average Bonchev–Trinajstić information content (AvgIpc) is 2.27. The van der Waals surface area contributed by atoms with Gasteiger partial charge in [-0.2, -0.15) is 0 Å². The molecule has 0 fully saturated rings. The number of phenolic OH excluding ortho intramolecular Hbond substituents is 1. The number of halogens is 4. The monoisotopic (exact) mass is 290 g/mol. The minimum absolute atomic E-state index is 0.129. The summed E-state index contributed by atoms with van der Waals surface area (Å²) in [6, 6.07) is 6.68. The third kappa shape index (κ3) is 2.49. The fraction of sp³-hybridized carbons (Fsp3) is 0. The van der Waals surface area contributed by atoms with Crippen molar-refractivity contribution in [2.24, 2.45) is 0 Å².